The molecule has 0 fully saturated rings. The first-order valence-corrected chi connectivity index (χ1v) is 8.30. The van der Waals surface area contributed by atoms with Gasteiger partial charge in [-0.25, -0.2) is 0 Å². The highest BCUT2D eigenvalue weighted by molar-refractivity contribution is 6.11. The molecule has 2 unspecified atom stereocenters. The molecule has 2 N–H and O–H groups in total. The Kier molecular flexibility index (Phi) is 3.04. The van der Waals surface area contributed by atoms with Crippen LogP contribution in [0, 0.1) is 0 Å². The van der Waals surface area contributed by atoms with Crippen LogP contribution in [0.2, 0.25) is 0 Å². The molecule has 128 valence electrons. The fourth-order valence-electron chi connectivity index (χ4n) is 4.26. The van der Waals surface area contributed by atoms with Gasteiger partial charge in [0.1, 0.15) is 5.76 Å². The largest absolute Gasteiger partial charge is 0.469 e. The molecule has 0 aliphatic carbocycles. The molecule has 4 rings (SSSR count). The third kappa shape index (κ3) is 1.89. The van der Waals surface area contributed by atoms with Crippen LogP contribution < -0.4 is 10.6 Å². The fraction of sp³-hybridized carbons (Fsp3) is 0.300. The van der Waals surface area contributed by atoms with Gasteiger partial charge in [0.05, 0.1) is 16.9 Å². The maximum absolute atomic E-state index is 12.8. The summed E-state index contributed by atoms with van der Waals surface area (Å²) >= 11 is 0. The van der Waals surface area contributed by atoms with E-state index in [2.05, 4.69) is 10.6 Å². The van der Waals surface area contributed by atoms with Gasteiger partial charge in [0.25, 0.3) is 0 Å². The van der Waals surface area contributed by atoms with Gasteiger partial charge in [0.2, 0.25) is 5.72 Å². The van der Waals surface area contributed by atoms with Crippen LogP contribution in [0.4, 0.5) is 11.4 Å². The van der Waals surface area contributed by atoms with Gasteiger partial charge in [-0.2, -0.15) is 0 Å². The molecular weight excluding hydrogens is 316 g/mol. The average molecular weight is 336 g/mol. The second kappa shape index (κ2) is 4.85. The van der Waals surface area contributed by atoms with Crippen LogP contribution in [-0.4, -0.2) is 22.8 Å². The molecule has 0 aromatic heterocycles. The van der Waals surface area contributed by atoms with Crippen molar-refractivity contribution in [1.29, 1.82) is 0 Å². The van der Waals surface area contributed by atoms with E-state index in [1.165, 1.54) is 13.8 Å². The monoisotopic (exact) mass is 336 g/mol. The van der Waals surface area contributed by atoms with Crippen LogP contribution in [0.25, 0.3) is 10.8 Å². The molecule has 0 amide bonds. The van der Waals surface area contributed by atoms with Crippen LogP contribution in [0.15, 0.2) is 47.7 Å². The number of carbonyl (C=O) groups excluding carboxylic acids is 2. The van der Waals surface area contributed by atoms with Crippen molar-refractivity contribution < 1.29 is 14.3 Å². The normalized spacial score (nSPS) is 27.0. The minimum absolute atomic E-state index is 0.164. The lowest BCUT2D eigenvalue weighted by Gasteiger charge is -2.47. The SMILES string of the molecule is CC(=O)C1=C(C)OC2(C)Nc3cc4ccccc4cc3NC12C(C)=O. The standard InChI is InChI=1S/C20H20N2O3/c1-11(23)18-12(2)25-19(4)20(18,13(3)24)22-17-10-15-8-6-5-7-14(15)9-16(17)21-19/h5-10,21-22H,1-4H3. The number of benzene rings is 2. The Morgan fingerprint density at radius 2 is 1.56 bits per heavy atom. The molecule has 0 spiro atoms. The Bertz CT molecular complexity index is 978. The number of ketones is 2. The van der Waals surface area contributed by atoms with Crippen LogP contribution in [-0.2, 0) is 14.3 Å². The number of allylic oxidation sites excluding steroid dienone is 1. The third-order valence-electron chi connectivity index (χ3n) is 5.26. The minimum Gasteiger partial charge on any atom is -0.469 e. The van der Waals surface area contributed by atoms with Crippen molar-refractivity contribution in [3.63, 3.8) is 0 Å². The summed E-state index contributed by atoms with van der Waals surface area (Å²) in [5, 5.41) is 8.86. The number of Topliss-reactive ketones (excluding diaryl/α,β-unsaturated/α-hetero) is 2. The number of ether oxygens (including phenoxy) is 1. The zero-order valence-corrected chi connectivity index (χ0v) is 14.7. The Hall–Kier alpha value is -2.82. The Labute approximate surface area is 146 Å². The van der Waals surface area contributed by atoms with Crippen LogP contribution >= 0.6 is 0 Å². The van der Waals surface area contributed by atoms with Crippen molar-refractivity contribution in [2.75, 3.05) is 10.6 Å². The number of anilines is 2. The topological polar surface area (TPSA) is 67.4 Å². The summed E-state index contributed by atoms with van der Waals surface area (Å²) in [6.07, 6.45) is 0. The summed E-state index contributed by atoms with van der Waals surface area (Å²) in [6.45, 7) is 6.49. The lowest BCUT2D eigenvalue weighted by atomic mass is 9.75. The molecule has 0 saturated heterocycles. The van der Waals surface area contributed by atoms with Gasteiger partial charge < -0.3 is 15.4 Å². The number of nitrogens with one attached hydrogen (secondary N) is 2. The Morgan fingerprint density at radius 1 is 1.00 bits per heavy atom. The van der Waals surface area contributed by atoms with E-state index in [4.69, 9.17) is 4.74 Å². The molecule has 25 heavy (non-hydrogen) atoms. The average Bonchev–Trinajstić information content (AvgIpc) is 2.76. The first kappa shape index (κ1) is 15.7. The first-order valence-electron chi connectivity index (χ1n) is 8.30. The predicted octanol–water partition coefficient (Wildman–Crippen LogP) is 3.61. The molecule has 2 aliphatic heterocycles. The Balaban J connectivity index is 1.97. The highest BCUT2D eigenvalue weighted by Gasteiger charge is 2.65. The van der Waals surface area contributed by atoms with E-state index in [9.17, 15) is 9.59 Å². The second-order valence-electron chi connectivity index (χ2n) is 6.92. The molecule has 2 atom stereocenters. The molecule has 0 radical (unpaired) electrons. The maximum Gasteiger partial charge on any atom is 0.212 e. The van der Waals surface area contributed by atoms with Gasteiger partial charge in [-0.1, -0.05) is 24.3 Å². The molecular formula is C20H20N2O3. The van der Waals surface area contributed by atoms with Crippen molar-refractivity contribution in [3.05, 3.63) is 47.7 Å². The van der Waals surface area contributed by atoms with Gasteiger partial charge in [-0.15, -0.1) is 0 Å². The zero-order valence-electron chi connectivity index (χ0n) is 14.7. The van der Waals surface area contributed by atoms with E-state index in [0.29, 0.717) is 11.3 Å². The second-order valence-corrected chi connectivity index (χ2v) is 6.92. The summed E-state index contributed by atoms with van der Waals surface area (Å²) < 4.78 is 6.02. The summed E-state index contributed by atoms with van der Waals surface area (Å²) in [4.78, 5) is 25.1. The van der Waals surface area contributed by atoms with Crippen LogP contribution in [0.3, 0.4) is 0 Å². The highest BCUT2D eigenvalue weighted by Crippen LogP contribution is 2.51. The van der Waals surface area contributed by atoms with Crippen molar-refractivity contribution >= 4 is 33.7 Å². The third-order valence-corrected chi connectivity index (χ3v) is 5.26. The van der Waals surface area contributed by atoms with Gasteiger partial charge in [-0.05, 0) is 50.6 Å². The first-order chi connectivity index (χ1) is 11.8. The number of rotatable bonds is 2. The molecule has 2 heterocycles. The van der Waals surface area contributed by atoms with E-state index in [0.717, 1.165) is 22.1 Å². The molecule has 0 bridgehead atoms. The lowest BCUT2D eigenvalue weighted by Crippen LogP contribution is -2.67. The van der Waals surface area contributed by atoms with E-state index in [1.807, 2.05) is 36.4 Å². The summed E-state index contributed by atoms with van der Waals surface area (Å²) in [7, 11) is 0. The predicted molar refractivity (Wildman–Crippen MR) is 97.5 cm³/mol. The highest BCUT2D eigenvalue weighted by atomic mass is 16.5. The summed E-state index contributed by atoms with van der Waals surface area (Å²) in [5.74, 6) is 0.140. The van der Waals surface area contributed by atoms with Gasteiger partial charge in [0, 0.05) is 0 Å². The van der Waals surface area contributed by atoms with Gasteiger partial charge >= 0.3 is 0 Å². The number of carbonyl (C=O) groups is 2. The smallest absolute Gasteiger partial charge is 0.212 e. The minimum atomic E-state index is -1.25. The maximum atomic E-state index is 12.8. The molecule has 2 aromatic rings. The summed E-state index contributed by atoms with van der Waals surface area (Å²) in [5.41, 5.74) is -0.314. The van der Waals surface area contributed by atoms with E-state index >= 15 is 0 Å². The van der Waals surface area contributed by atoms with Crippen molar-refractivity contribution in [1.82, 2.24) is 0 Å². The van der Waals surface area contributed by atoms with Crippen molar-refractivity contribution in [3.8, 4) is 0 Å². The van der Waals surface area contributed by atoms with Gasteiger partial charge in [-0.3, -0.25) is 9.59 Å². The van der Waals surface area contributed by atoms with E-state index in [1.54, 1.807) is 13.8 Å². The number of fused-ring (bicyclic) bond motifs is 3. The lowest BCUT2D eigenvalue weighted by molar-refractivity contribution is -0.127. The fourth-order valence-corrected chi connectivity index (χ4v) is 4.26. The van der Waals surface area contributed by atoms with Crippen LogP contribution in [0.1, 0.15) is 27.7 Å². The quantitative estimate of drug-likeness (QED) is 0.877. The number of hydrogen-bond acceptors (Lipinski definition) is 5. The Morgan fingerprint density at radius 3 is 2.08 bits per heavy atom. The zero-order chi connectivity index (χ0) is 18.0. The summed E-state index contributed by atoms with van der Waals surface area (Å²) in [6, 6.07) is 12.0. The molecule has 0 saturated carbocycles. The molecule has 2 aromatic carbocycles. The van der Waals surface area contributed by atoms with E-state index in [-0.39, 0.29) is 11.6 Å². The molecule has 5 heteroatoms. The molecule has 5 nitrogen and oxygen atoms in total. The molecule has 2 aliphatic rings. The van der Waals surface area contributed by atoms with Crippen molar-refractivity contribution in [2.45, 2.75) is 39.0 Å². The van der Waals surface area contributed by atoms with Crippen molar-refractivity contribution in [2.24, 2.45) is 0 Å². The van der Waals surface area contributed by atoms with E-state index < -0.39 is 11.3 Å². The number of hydrogen-bond donors (Lipinski definition) is 2. The van der Waals surface area contributed by atoms with Gasteiger partial charge in [0.15, 0.2) is 17.1 Å². The van der Waals surface area contributed by atoms with Crippen LogP contribution in [0.5, 0.6) is 0 Å².